The lowest BCUT2D eigenvalue weighted by Crippen LogP contribution is -2.34. The highest BCUT2D eigenvalue weighted by Crippen LogP contribution is 2.39. The standard InChI is InChI=1S/C34H42N5/c1-15-16(2)22(8)28-27(21(15)7)35-33-38(28)31-25(11)19(5)20(6)26(12)32(31)39(33)34-36(13)29-23(9)17(3)18(4)24(10)30(29)37(34)14/h1-14H3/q+1. The molecule has 5 nitrogen and oxygen atoms in total. The molecule has 3 aromatic heterocycles. The summed E-state index contributed by atoms with van der Waals surface area (Å²) in [6.07, 6.45) is 0. The average molecular weight is 521 g/mol. The summed E-state index contributed by atoms with van der Waals surface area (Å²) in [6, 6.07) is 0. The molecule has 0 spiro atoms. The number of hydrogen-bond donors (Lipinski definition) is 0. The lowest BCUT2D eigenvalue weighted by molar-refractivity contribution is -0.639. The third-order valence-corrected chi connectivity index (χ3v) is 10.6. The van der Waals surface area contributed by atoms with Crippen LogP contribution in [-0.2, 0) is 14.1 Å². The fourth-order valence-electron chi connectivity index (χ4n) is 7.22. The molecular formula is C34H42N5+. The monoisotopic (exact) mass is 520 g/mol. The van der Waals surface area contributed by atoms with E-state index >= 15 is 0 Å². The van der Waals surface area contributed by atoms with Gasteiger partial charge in [0.1, 0.15) is 16.6 Å². The van der Waals surface area contributed by atoms with Crippen molar-refractivity contribution >= 4 is 38.9 Å². The van der Waals surface area contributed by atoms with E-state index in [-0.39, 0.29) is 0 Å². The molecule has 0 atom stereocenters. The zero-order valence-electron chi connectivity index (χ0n) is 26.2. The Morgan fingerprint density at radius 1 is 0.487 bits per heavy atom. The fraction of sp³-hybridized carbons (Fsp3) is 0.412. The van der Waals surface area contributed by atoms with Gasteiger partial charge in [-0.15, -0.1) is 0 Å². The van der Waals surface area contributed by atoms with Crippen LogP contribution in [0.25, 0.3) is 44.8 Å². The van der Waals surface area contributed by atoms with E-state index in [9.17, 15) is 0 Å². The van der Waals surface area contributed by atoms with Crippen LogP contribution in [-0.4, -0.2) is 18.5 Å². The Morgan fingerprint density at radius 3 is 1.49 bits per heavy atom. The largest absolute Gasteiger partial charge is 0.372 e. The normalized spacial score (nSPS) is 12.4. The Bertz CT molecular complexity index is 2040. The second kappa shape index (κ2) is 7.97. The van der Waals surface area contributed by atoms with Crippen LogP contribution in [0.1, 0.15) is 66.8 Å². The fourth-order valence-corrected chi connectivity index (χ4v) is 7.22. The van der Waals surface area contributed by atoms with Gasteiger partial charge in [-0.05, 0) is 150 Å². The third-order valence-electron chi connectivity index (χ3n) is 10.6. The van der Waals surface area contributed by atoms with Crippen LogP contribution in [0, 0.1) is 83.1 Å². The van der Waals surface area contributed by atoms with Gasteiger partial charge in [-0.25, -0.2) is 9.13 Å². The zero-order valence-corrected chi connectivity index (χ0v) is 26.2. The number of hydrogen-bond acceptors (Lipinski definition) is 1. The molecule has 39 heavy (non-hydrogen) atoms. The molecule has 0 aliphatic heterocycles. The molecule has 5 heteroatoms. The van der Waals surface area contributed by atoms with Crippen LogP contribution in [0.4, 0.5) is 0 Å². The van der Waals surface area contributed by atoms with Crippen LogP contribution in [0.5, 0.6) is 0 Å². The first-order chi connectivity index (χ1) is 18.2. The summed E-state index contributed by atoms with van der Waals surface area (Å²) >= 11 is 0. The summed E-state index contributed by atoms with van der Waals surface area (Å²) in [4.78, 5) is 5.46. The number of nitrogens with zero attached hydrogens (tertiary/aromatic N) is 5. The Kier molecular flexibility index (Phi) is 5.24. The smallest absolute Gasteiger partial charge is 0.261 e. The van der Waals surface area contributed by atoms with E-state index in [0.717, 1.165) is 17.2 Å². The number of fused-ring (bicyclic) bond motifs is 6. The topological polar surface area (TPSA) is 31.0 Å². The van der Waals surface area contributed by atoms with Crippen molar-refractivity contribution < 1.29 is 4.57 Å². The second-order valence-electron chi connectivity index (χ2n) is 12.1. The number of benzene rings is 3. The van der Waals surface area contributed by atoms with Crippen molar-refractivity contribution in [2.45, 2.75) is 83.1 Å². The molecule has 0 aliphatic rings. The lowest BCUT2D eigenvalue weighted by Gasteiger charge is -2.13. The van der Waals surface area contributed by atoms with Crippen molar-refractivity contribution in [1.29, 1.82) is 0 Å². The lowest BCUT2D eigenvalue weighted by atomic mass is 9.96. The van der Waals surface area contributed by atoms with E-state index in [1.807, 2.05) is 0 Å². The summed E-state index contributed by atoms with van der Waals surface area (Å²) in [5, 5.41) is 0. The molecule has 6 aromatic rings. The first-order valence-corrected chi connectivity index (χ1v) is 14.1. The van der Waals surface area contributed by atoms with Gasteiger partial charge in [0.05, 0.1) is 30.6 Å². The van der Waals surface area contributed by atoms with Crippen molar-refractivity contribution in [3.05, 3.63) is 66.8 Å². The predicted octanol–water partition coefficient (Wildman–Crippen LogP) is 7.45. The number of imidazole rings is 3. The van der Waals surface area contributed by atoms with Crippen molar-refractivity contribution in [3.63, 3.8) is 0 Å². The summed E-state index contributed by atoms with van der Waals surface area (Å²) in [6.45, 7) is 27.1. The molecule has 3 heterocycles. The van der Waals surface area contributed by atoms with E-state index in [1.54, 1.807) is 0 Å². The minimum Gasteiger partial charge on any atom is -0.261 e. The van der Waals surface area contributed by atoms with Gasteiger partial charge >= 0.3 is 5.95 Å². The molecule has 0 bridgehead atoms. The van der Waals surface area contributed by atoms with Gasteiger partial charge in [-0.1, -0.05) is 0 Å². The van der Waals surface area contributed by atoms with Gasteiger partial charge in [0.25, 0.3) is 5.78 Å². The van der Waals surface area contributed by atoms with Crippen molar-refractivity contribution in [2.24, 2.45) is 14.1 Å². The molecule has 0 saturated carbocycles. The highest BCUT2D eigenvalue weighted by Gasteiger charge is 2.34. The highest BCUT2D eigenvalue weighted by atomic mass is 15.3. The van der Waals surface area contributed by atoms with Crippen LogP contribution in [0.15, 0.2) is 0 Å². The summed E-state index contributed by atoms with van der Waals surface area (Å²) in [5.41, 5.74) is 23.5. The van der Waals surface area contributed by atoms with E-state index in [4.69, 9.17) is 4.98 Å². The molecular weight excluding hydrogens is 478 g/mol. The third kappa shape index (κ3) is 2.86. The van der Waals surface area contributed by atoms with Gasteiger partial charge < -0.3 is 0 Å². The summed E-state index contributed by atoms with van der Waals surface area (Å²) in [7, 11) is 4.44. The molecule has 0 unspecified atom stereocenters. The minimum atomic E-state index is 0.984. The minimum absolute atomic E-state index is 0.984. The van der Waals surface area contributed by atoms with Crippen LogP contribution in [0.2, 0.25) is 0 Å². The van der Waals surface area contributed by atoms with E-state index in [1.165, 1.54) is 94.3 Å². The van der Waals surface area contributed by atoms with Crippen LogP contribution < -0.4 is 4.57 Å². The van der Waals surface area contributed by atoms with E-state index in [0.29, 0.717) is 0 Å². The van der Waals surface area contributed by atoms with E-state index < -0.39 is 0 Å². The van der Waals surface area contributed by atoms with Gasteiger partial charge in [0.15, 0.2) is 0 Å². The Balaban J connectivity index is 1.99. The van der Waals surface area contributed by atoms with Gasteiger partial charge in [0, 0.05) is 0 Å². The summed E-state index contributed by atoms with van der Waals surface area (Å²) in [5.74, 6) is 2.11. The van der Waals surface area contributed by atoms with E-state index in [2.05, 4.69) is 115 Å². The van der Waals surface area contributed by atoms with Crippen LogP contribution in [0.3, 0.4) is 0 Å². The van der Waals surface area contributed by atoms with Crippen molar-refractivity contribution in [1.82, 2.24) is 18.5 Å². The quantitative estimate of drug-likeness (QED) is 0.207. The molecule has 0 aliphatic carbocycles. The van der Waals surface area contributed by atoms with Gasteiger partial charge in [-0.3, -0.25) is 4.40 Å². The summed E-state index contributed by atoms with van der Waals surface area (Å²) < 4.78 is 9.69. The molecule has 3 aromatic carbocycles. The molecule has 0 N–H and O–H groups in total. The maximum absolute atomic E-state index is 5.46. The number of aryl methyl sites for hydroxylation is 8. The molecule has 0 fully saturated rings. The van der Waals surface area contributed by atoms with Crippen molar-refractivity contribution in [2.75, 3.05) is 0 Å². The Hall–Kier alpha value is -3.60. The van der Waals surface area contributed by atoms with Gasteiger partial charge in [0.2, 0.25) is 0 Å². The zero-order chi connectivity index (χ0) is 28.6. The molecule has 0 saturated heterocycles. The average Bonchev–Trinajstić information content (AvgIpc) is 3.52. The Labute approximate surface area is 231 Å². The number of rotatable bonds is 1. The molecule has 202 valence electrons. The predicted molar refractivity (Wildman–Crippen MR) is 164 cm³/mol. The van der Waals surface area contributed by atoms with Crippen molar-refractivity contribution in [3.8, 4) is 5.95 Å². The first kappa shape index (κ1) is 25.7. The SMILES string of the molecule is Cc1c(C)c(C)c2c(nc3n(-c4n(C)c5c(C)c(C)c(C)c(C)c5[n+]4C)c4c(C)c(C)c(C)c(C)c4n23)c1C. The van der Waals surface area contributed by atoms with Gasteiger partial charge in [-0.2, -0.15) is 9.55 Å². The Morgan fingerprint density at radius 2 is 0.923 bits per heavy atom. The second-order valence-corrected chi connectivity index (χ2v) is 12.1. The number of aromatic nitrogens is 5. The first-order valence-electron chi connectivity index (χ1n) is 14.1. The highest BCUT2D eigenvalue weighted by molar-refractivity contribution is 5.98. The maximum atomic E-state index is 5.46. The maximum Gasteiger partial charge on any atom is 0.372 e. The molecule has 6 rings (SSSR count). The molecule has 0 amide bonds. The molecule has 0 radical (unpaired) electrons. The van der Waals surface area contributed by atoms with Crippen LogP contribution >= 0.6 is 0 Å².